The molecule has 1 atom stereocenters. The van der Waals surface area contributed by atoms with E-state index in [0.717, 1.165) is 12.8 Å². The van der Waals surface area contributed by atoms with Gasteiger partial charge in [-0.1, -0.05) is 46.0 Å². The van der Waals surface area contributed by atoms with Crippen LogP contribution in [0.25, 0.3) is 0 Å². The maximum Gasteiger partial charge on any atom is 0.264 e. The molecule has 1 unspecified atom stereocenters. The Bertz CT molecular complexity index is 222. The fraction of sp³-hybridized carbons (Fsp3) is 1.00. The van der Waals surface area contributed by atoms with Crippen LogP contribution in [0.3, 0.4) is 0 Å². The third kappa shape index (κ3) is 8.51. The van der Waals surface area contributed by atoms with E-state index >= 15 is 0 Å². The molecule has 86 valence electrons. The summed E-state index contributed by atoms with van der Waals surface area (Å²) >= 11 is 0. The van der Waals surface area contributed by atoms with Crippen molar-refractivity contribution in [1.82, 2.24) is 0 Å². The number of hydrogen-bond donors (Lipinski definition) is 1. The van der Waals surface area contributed by atoms with Crippen LogP contribution >= 0.6 is 0 Å². The third-order valence-electron chi connectivity index (χ3n) is 2.58. The molecule has 0 amide bonds. The highest BCUT2D eigenvalue weighted by atomic mass is 32.2. The molecular formula is C10H22O3S. The first-order valence-corrected chi connectivity index (χ1v) is 7.05. The minimum atomic E-state index is -3.76. The number of unbranched alkanes of at least 4 members (excludes halogenated alkanes) is 2. The van der Waals surface area contributed by atoms with E-state index in [2.05, 4.69) is 13.8 Å². The summed E-state index contributed by atoms with van der Waals surface area (Å²) in [6.45, 7) is 4.22. The van der Waals surface area contributed by atoms with Gasteiger partial charge in [0.15, 0.2) is 0 Å². The Morgan fingerprint density at radius 3 is 2.21 bits per heavy atom. The molecule has 0 saturated heterocycles. The average Bonchev–Trinajstić information content (AvgIpc) is 2.09. The van der Waals surface area contributed by atoms with Crippen molar-refractivity contribution in [1.29, 1.82) is 0 Å². The molecule has 0 aliphatic carbocycles. The highest BCUT2D eigenvalue weighted by Crippen LogP contribution is 2.17. The van der Waals surface area contributed by atoms with Crippen molar-refractivity contribution < 1.29 is 13.0 Å². The molecule has 4 heteroatoms. The van der Waals surface area contributed by atoms with Crippen LogP contribution in [0.15, 0.2) is 0 Å². The normalized spacial score (nSPS) is 14.2. The Balaban J connectivity index is 3.69. The van der Waals surface area contributed by atoms with Crippen molar-refractivity contribution in [3.8, 4) is 0 Å². The summed E-state index contributed by atoms with van der Waals surface area (Å²) in [5.74, 6) is 0.362. The number of rotatable bonds is 8. The second kappa shape index (κ2) is 7.23. The van der Waals surface area contributed by atoms with E-state index in [1.807, 2.05) is 0 Å². The first kappa shape index (κ1) is 13.9. The molecule has 0 aromatic carbocycles. The summed E-state index contributed by atoms with van der Waals surface area (Å²) in [6.07, 6.45) is 6.25. The fourth-order valence-electron chi connectivity index (χ4n) is 1.55. The van der Waals surface area contributed by atoms with Gasteiger partial charge in [0.2, 0.25) is 0 Å². The van der Waals surface area contributed by atoms with Crippen molar-refractivity contribution in [2.75, 3.05) is 5.75 Å². The van der Waals surface area contributed by atoms with Gasteiger partial charge < -0.3 is 0 Å². The van der Waals surface area contributed by atoms with Crippen LogP contribution in [0.5, 0.6) is 0 Å². The monoisotopic (exact) mass is 222 g/mol. The molecule has 0 bridgehead atoms. The SMILES string of the molecule is CCCCCC(CC)CCS(=O)(=O)O. The Morgan fingerprint density at radius 1 is 1.14 bits per heavy atom. The quantitative estimate of drug-likeness (QED) is 0.507. The maximum absolute atomic E-state index is 10.5. The third-order valence-corrected chi connectivity index (χ3v) is 3.33. The van der Waals surface area contributed by atoms with Crippen molar-refractivity contribution >= 4 is 10.1 Å². The Kier molecular flexibility index (Phi) is 7.19. The molecule has 14 heavy (non-hydrogen) atoms. The molecular weight excluding hydrogens is 200 g/mol. The van der Waals surface area contributed by atoms with E-state index in [-0.39, 0.29) is 5.75 Å². The van der Waals surface area contributed by atoms with Crippen LogP contribution in [-0.4, -0.2) is 18.7 Å². The largest absolute Gasteiger partial charge is 0.286 e. The fourth-order valence-corrected chi connectivity index (χ4v) is 2.18. The zero-order chi connectivity index (χ0) is 11.0. The lowest BCUT2D eigenvalue weighted by molar-refractivity contribution is 0.420. The van der Waals surface area contributed by atoms with E-state index in [4.69, 9.17) is 4.55 Å². The zero-order valence-corrected chi connectivity index (χ0v) is 10.0. The van der Waals surface area contributed by atoms with Crippen LogP contribution in [-0.2, 0) is 10.1 Å². The van der Waals surface area contributed by atoms with E-state index in [0.29, 0.717) is 12.3 Å². The minimum absolute atomic E-state index is 0.0857. The lowest BCUT2D eigenvalue weighted by Gasteiger charge is -2.12. The lowest BCUT2D eigenvalue weighted by Crippen LogP contribution is -2.09. The molecule has 0 spiro atoms. The second-order valence-electron chi connectivity index (χ2n) is 3.84. The first-order valence-electron chi connectivity index (χ1n) is 5.44. The summed E-state index contributed by atoms with van der Waals surface area (Å²) in [7, 11) is -3.76. The van der Waals surface area contributed by atoms with Gasteiger partial charge in [0.1, 0.15) is 0 Å². The van der Waals surface area contributed by atoms with Gasteiger partial charge in [-0.05, 0) is 12.3 Å². The van der Waals surface area contributed by atoms with Crippen LogP contribution in [0, 0.1) is 5.92 Å². The Hall–Kier alpha value is -0.0900. The molecule has 3 nitrogen and oxygen atoms in total. The molecule has 0 saturated carbocycles. The summed E-state index contributed by atoms with van der Waals surface area (Å²) in [4.78, 5) is 0. The van der Waals surface area contributed by atoms with E-state index in [1.54, 1.807) is 0 Å². The molecule has 0 heterocycles. The topological polar surface area (TPSA) is 54.4 Å². The molecule has 1 N–H and O–H groups in total. The first-order chi connectivity index (χ1) is 6.49. The zero-order valence-electron chi connectivity index (χ0n) is 9.20. The van der Waals surface area contributed by atoms with Gasteiger partial charge in [0, 0.05) is 0 Å². The van der Waals surface area contributed by atoms with Crippen LogP contribution in [0.4, 0.5) is 0 Å². The molecule has 0 aromatic heterocycles. The molecule has 0 radical (unpaired) electrons. The van der Waals surface area contributed by atoms with Gasteiger partial charge >= 0.3 is 0 Å². The van der Waals surface area contributed by atoms with E-state index in [9.17, 15) is 8.42 Å². The van der Waals surface area contributed by atoms with Gasteiger partial charge in [-0.3, -0.25) is 4.55 Å². The van der Waals surface area contributed by atoms with Gasteiger partial charge in [0.25, 0.3) is 10.1 Å². The molecule has 0 aromatic rings. The standard InChI is InChI=1S/C10H22O3S/c1-3-5-6-7-10(4-2)8-9-14(11,12)13/h10H,3-9H2,1-2H3,(H,11,12,13). The maximum atomic E-state index is 10.5. The summed E-state index contributed by atoms with van der Waals surface area (Å²) < 4.78 is 29.7. The Labute approximate surface area is 87.7 Å². The summed E-state index contributed by atoms with van der Waals surface area (Å²) in [6, 6.07) is 0. The summed E-state index contributed by atoms with van der Waals surface area (Å²) in [5.41, 5.74) is 0. The lowest BCUT2D eigenvalue weighted by atomic mass is 9.96. The second-order valence-corrected chi connectivity index (χ2v) is 5.42. The van der Waals surface area contributed by atoms with E-state index < -0.39 is 10.1 Å². The molecule has 0 fully saturated rings. The predicted molar refractivity (Wildman–Crippen MR) is 59.0 cm³/mol. The van der Waals surface area contributed by atoms with Gasteiger partial charge in [-0.15, -0.1) is 0 Å². The van der Waals surface area contributed by atoms with Crippen LogP contribution in [0.2, 0.25) is 0 Å². The number of hydrogen-bond acceptors (Lipinski definition) is 2. The van der Waals surface area contributed by atoms with Gasteiger partial charge in [0.05, 0.1) is 5.75 Å². The van der Waals surface area contributed by atoms with Crippen molar-refractivity contribution in [2.24, 2.45) is 5.92 Å². The van der Waals surface area contributed by atoms with Crippen LogP contribution in [0.1, 0.15) is 52.4 Å². The van der Waals surface area contributed by atoms with Gasteiger partial charge in [-0.25, -0.2) is 0 Å². The minimum Gasteiger partial charge on any atom is -0.286 e. The molecule has 0 aliphatic rings. The predicted octanol–water partition coefficient (Wildman–Crippen LogP) is 2.87. The average molecular weight is 222 g/mol. The van der Waals surface area contributed by atoms with Crippen molar-refractivity contribution in [2.45, 2.75) is 52.4 Å². The van der Waals surface area contributed by atoms with Gasteiger partial charge in [-0.2, -0.15) is 8.42 Å². The smallest absolute Gasteiger partial charge is 0.264 e. The highest BCUT2D eigenvalue weighted by molar-refractivity contribution is 7.85. The van der Waals surface area contributed by atoms with Crippen molar-refractivity contribution in [3.05, 3.63) is 0 Å². The molecule has 0 aliphatic heterocycles. The van der Waals surface area contributed by atoms with Crippen LogP contribution < -0.4 is 0 Å². The summed E-state index contributed by atoms with van der Waals surface area (Å²) in [5, 5.41) is 0. The Morgan fingerprint density at radius 2 is 1.79 bits per heavy atom. The highest BCUT2D eigenvalue weighted by Gasteiger charge is 2.11. The van der Waals surface area contributed by atoms with E-state index in [1.165, 1.54) is 19.3 Å². The van der Waals surface area contributed by atoms with Crippen molar-refractivity contribution in [3.63, 3.8) is 0 Å². The molecule has 0 rings (SSSR count).